The Morgan fingerprint density at radius 2 is 1.67 bits per heavy atom. The van der Waals surface area contributed by atoms with E-state index in [1.54, 1.807) is 42.5 Å². The molecule has 2 aromatic rings. The zero-order valence-corrected chi connectivity index (χ0v) is 15.1. The van der Waals surface area contributed by atoms with E-state index in [4.69, 9.17) is 10.00 Å². The van der Waals surface area contributed by atoms with Crippen LogP contribution in [0.15, 0.2) is 54.6 Å². The number of hydrogen-bond donors (Lipinski definition) is 0. The molecule has 0 unspecified atom stereocenters. The van der Waals surface area contributed by atoms with Crippen LogP contribution in [0.3, 0.4) is 0 Å². The minimum Gasteiger partial charge on any atom is -0.456 e. The Labute approximate surface area is 158 Å². The van der Waals surface area contributed by atoms with Crippen LogP contribution in [0.4, 0.5) is 5.69 Å². The fourth-order valence-electron chi connectivity index (χ4n) is 2.39. The minimum absolute atomic E-state index is 0.0106. The minimum atomic E-state index is -0.631. The first-order valence-electron chi connectivity index (χ1n) is 8.49. The lowest BCUT2D eigenvalue weighted by molar-refractivity contribution is -0.147. The van der Waals surface area contributed by atoms with Crippen molar-refractivity contribution in [3.05, 3.63) is 65.7 Å². The smallest absolute Gasteiger partial charge is 0.306 e. The number of Topliss-reactive ketones (excluding diaryl/α,β-unsaturated/α-hetero) is 1. The Morgan fingerprint density at radius 3 is 2.30 bits per heavy atom. The van der Waals surface area contributed by atoms with Crippen molar-refractivity contribution in [3.8, 4) is 6.07 Å². The maximum absolute atomic E-state index is 12.3. The van der Waals surface area contributed by atoms with Crippen LogP contribution in [0.5, 0.6) is 0 Å². The highest BCUT2D eigenvalue weighted by atomic mass is 16.5. The number of para-hydroxylation sites is 1. The van der Waals surface area contributed by atoms with Gasteiger partial charge in [-0.15, -0.1) is 0 Å². The third kappa shape index (κ3) is 6.08. The number of rotatable bonds is 8. The lowest BCUT2D eigenvalue weighted by atomic mass is 10.1. The van der Waals surface area contributed by atoms with Crippen LogP contribution < -0.4 is 4.90 Å². The van der Waals surface area contributed by atoms with E-state index in [2.05, 4.69) is 0 Å². The number of esters is 1. The molecule has 0 spiro atoms. The Kier molecular flexibility index (Phi) is 7.26. The molecule has 0 bridgehead atoms. The molecule has 0 fully saturated rings. The number of nitrogens with zero attached hydrogens (tertiary/aromatic N) is 2. The summed E-state index contributed by atoms with van der Waals surface area (Å²) in [5.41, 5.74) is 2.13. The fourth-order valence-corrected chi connectivity index (χ4v) is 2.39. The highest BCUT2D eigenvalue weighted by Crippen LogP contribution is 2.13. The molecule has 0 aliphatic heterocycles. The topological polar surface area (TPSA) is 87.5 Å². The van der Waals surface area contributed by atoms with Crippen molar-refractivity contribution >= 4 is 23.3 Å². The number of carbonyl (C=O) groups excluding carboxylic acids is 3. The first-order chi connectivity index (χ1) is 13.0. The number of ether oxygens (including phenoxy) is 1. The van der Waals surface area contributed by atoms with E-state index in [1.807, 2.05) is 25.1 Å². The average molecular weight is 364 g/mol. The molecule has 6 nitrogen and oxygen atoms in total. The zero-order chi connectivity index (χ0) is 19.6. The third-order valence-electron chi connectivity index (χ3n) is 3.88. The van der Waals surface area contributed by atoms with E-state index in [0.717, 1.165) is 5.56 Å². The number of aryl methyl sites for hydroxylation is 1. The molecular formula is C21H20N2O4. The largest absolute Gasteiger partial charge is 0.456 e. The Hall–Kier alpha value is -3.46. The van der Waals surface area contributed by atoms with E-state index in [1.165, 1.54) is 4.90 Å². The number of amides is 1. The molecule has 0 radical (unpaired) electrons. The molecule has 0 saturated carbocycles. The van der Waals surface area contributed by atoms with Gasteiger partial charge in [0.05, 0.1) is 12.5 Å². The summed E-state index contributed by atoms with van der Waals surface area (Å²) < 4.78 is 4.97. The summed E-state index contributed by atoms with van der Waals surface area (Å²) in [6.07, 6.45) is -0.0970. The van der Waals surface area contributed by atoms with Crippen molar-refractivity contribution in [2.45, 2.75) is 19.8 Å². The number of carbonyl (C=O) groups is 3. The second kappa shape index (κ2) is 9.88. The molecule has 0 atom stereocenters. The zero-order valence-electron chi connectivity index (χ0n) is 15.1. The van der Waals surface area contributed by atoms with Gasteiger partial charge < -0.3 is 4.74 Å². The van der Waals surface area contributed by atoms with Crippen molar-refractivity contribution in [2.24, 2.45) is 0 Å². The van der Waals surface area contributed by atoms with Gasteiger partial charge in [0.2, 0.25) is 0 Å². The Bertz CT molecular complexity index is 839. The van der Waals surface area contributed by atoms with E-state index in [-0.39, 0.29) is 25.2 Å². The second-order valence-electron chi connectivity index (χ2n) is 5.92. The lowest BCUT2D eigenvalue weighted by Gasteiger charge is -2.19. The van der Waals surface area contributed by atoms with Crippen LogP contribution in [0.2, 0.25) is 0 Å². The van der Waals surface area contributed by atoms with Crippen molar-refractivity contribution in [1.29, 1.82) is 5.26 Å². The standard InChI is InChI=1S/C21H20N2O4/c1-16-7-9-17(10-8-16)19(24)11-12-21(26)27-15-20(25)23(14-13-22)18-5-3-2-4-6-18/h2-10H,11-12,14-15H2,1H3. The number of anilines is 1. The molecule has 1 amide bonds. The van der Waals surface area contributed by atoms with Crippen molar-refractivity contribution in [3.63, 3.8) is 0 Å². The molecule has 0 aliphatic carbocycles. The van der Waals surface area contributed by atoms with E-state index < -0.39 is 18.5 Å². The van der Waals surface area contributed by atoms with E-state index in [9.17, 15) is 14.4 Å². The van der Waals surface area contributed by atoms with Crippen LogP contribution in [0.1, 0.15) is 28.8 Å². The predicted molar refractivity (Wildman–Crippen MR) is 100 cm³/mol. The van der Waals surface area contributed by atoms with Gasteiger partial charge in [0, 0.05) is 17.7 Å². The van der Waals surface area contributed by atoms with Gasteiger partial charge >= 0.3 is 5.97 Å². The summed E-state index contributed by atoms with van der Waals surface area (Å²) in [6.45, 7) is 1.30. The third-order valence-corrected chi connectivity index (χ3v) is 3.88. The van der Waals surface area contributed by atoms with Crippen LogP contribution in [0, 0.1) is 18.3 Å². The number of ketones is 1. The lowest BCUT2D eigenvalue weighted by Crippen LogP contribution is -2.35. The summed E-state index contributed by atoms with van der Waals surface area (Å²) in [4.78, 5) is 37.4. The molecule has 0 saturated heterocycles. The summed E-state index contributed by atoms with van der Waals surface area (Å²) in [5, 5.41) is 8.91. The highest BCUT2D eigenvalue weighted by Gasteiger charge is 2.18. The summed E-state index contributed by atoms with van der Waals surface area (Å²) in [7, 11) is 0. The van der Waals surface area contributed by atoms with Gasteiger partial charge in [-0.05, 0) is 19.1 Å². The first kappa shape index (κ1) is 19.9. The first-order valence-corrected chi connectivity index (χ1v) is 8.49. The van der Waals surface area contributed by atoms with E-state index in [0.29, 0.717) is 11.3 Å². The van der Waals surface area contributed by atoms with Crippen LogP contribution in [0.25, 0.3) is 0 Å². The Morgan fingerprint density at radius 1 is 1.00 bits per heavy atom. The van der Waals surface area contributed by atoms with Crippen LogP contribution in [-0.2, 0) is 14.3 Å². The SMILES string of the molecule is Cc1ccc(C(=O)CCC(=O)OCC(=O)N(CC#N)c2ccccc2)cc1. The van der Waals surface area contributed by atoms with Gasteiger partial charge in [-0.25, -0.2) is 0 Å². The van der Waals surface area contributed by atoms with Crippen LogP contribution in [-0.4, -0.2) is 30.8 Å². The number of nitriles is 1. The van der Waals surface area contributed by atoms with E-state index >= 15 is 0 Å². The summed E-state index contributed by atoms with van der Waals surface area (Å²) >= 11 is 0. The molecule has 138 valence electrons. The van der Waals surface area contributed by atoms with Crippen molar-refractivity contribution in [2.75, 3.05) is 18.1 Å². The molecule has 0 N–H and O–H groups in total. The normalized spacial score (nSPS) is 9.93. The number of benzene rings is 2. The molecule has 0 heterocycles. The summed E-state index contributed by atoms with van der Waals surface area (Å²) in [5.74, 6) is -1.29. The average Bonchev–Trinajstić information content (AvgIpc) is 2.69. The van der Waals surface area contributed by atoms with Crippen molar-refractivity contribution < 1.29 is 19.1 Å². The maximum Gasteiger partial charge on any atom is 0.306 e. The highest BCUT2D eigenvalue weighted by molar-refractivity contribution is 5.98. The van der Waals surface area contributed by atoms with Gasteiger partial charge in [0.25, 0.3) is 5.91 Å². The molecular weight excluding hydrogens is 344 g/mol. The monoisotopic (exact) mass is 364 g/mol. The molecule has 0 aromatic heterocycles. The van der Waals surface area contributed by atoms with Gasteiger partial charge in [-0.2, -0.15) is 5.26 Å². The van der Waals surface area contributed by atoms with Crippen LogP contribution >= 0.6 is 0 Å². The molecule has 2 aromatic carbocycles. The van der Waals surface area contributed by atoms with Crippen molar-refractivity contribution in [1.82, 2.24) is 0 Å². The van der Waals surface area contributed by atoms with Gasteiger partial charge in [-0.1, -0.05) is 48.0 Å². The van der Waals surface area contributed by atoms with Gasteiger partial charge in [-0.3, -0.25) is 19.3 Å². The maximum atomic E-state index is 12.3. The molecule has 0 aliphatic rings. The number of hydrogen-bond acceptors (Lipinski definition) is 5. The molecule has 27 heavy (non-hydrogen) atoms. The van der Waals surface area contributed by atoms with Gasteiger partial charge in [0.15, 0.2) is 12.4 Å². The molecule has 6 heteroatoms. The Balaban J connectivity index is 1.83. The molecule has 2 rings (SSSR count). The van der Waals surface area contributed by atoms with Gasteiger partial charge in [0.1, 0.15) is 6.54 Å². The fraction of sp³-hybridized carbons (Fsp3) is 0.238. The summed E-state index contributed by atoms with van der Waals surface area (Å²) in [6, 6.07) is 17.7. The second-order valence-corrected chi connectivity index (χ2v) is 5.92. The predicted octanol–water partition coefficient (Wildman–Crippen LogP) is 3.06. The quantitative estimate of drug-likeness (QED) is 0.408.